The van der Waals surface area contributed by atoms with E-state index in [1.165, 1.54) is 6.92 Å². The highest BCUT2D eigenvalue weighted by atomic mass is 32.2. The largest absolute Gasteiger partial charge is 0.450 e. The van der Waals surface area contributed by atoms with E-state index in [2.05, 4.69) is 16.1 Å². The van der Waals surface area contributed by atoms with E-state index in [0.29, 0.717) is 0 Å². The van der Waals surface area contributed by atoms with Crippen molar-refractivity contribution in [3.8, 4) is 0 Å². The summed E-state index contributed by atoms with van der Waals surface area (Å²) >= 11 is 0. The van der Waals surface area contributed by atoms with Crippen molar-refractivity contribution in [2.75, 3.05) is 12.5 Å². The molecule has 0 radical (unpaired) electrons. The molecule has 0 aliphatic heterocycles. The van der Waals surface area contributed by atoms with Gasteiger partial charge in [0.2, 0.25) is 5.94 Å². The van der Waals surface area contributed by atoms with Crippen LogP contribution in [0.5, 0.6) is 0 Å². The quantitative estimate of drug-likeness (QED) is 0.390. The average molecular weight is 238 g/mol. The molecule has 0 aliphatic carbocycles. The number of ether oxygens (including phenoxy) is 2. The molecule has 0 unspecified atom stereocenters. The minimum atomic E-state index is -4.38. The normalized spacial score (nSPS) is 10.5. The highest BCUT2D eigenvalue weighted by molar-refractivity contribution is 7.85. The molecule has 0 aromatic carbocycles. The first kappa shape index (κ1) is 13.6. The Kier molecular flexibility index (Phi) is 4.95. The molecule has 0 saturated heterocycles. The van der Waals surface area contributed by atoms with Crippen LogP contribution in [0.4, 0.5) is 0 Å². The van der Waals surface area contributed by atoms with Gasteiger partial charge >= 0.3 is 22.1 Å². The first-order valence-corrected chi connectivity index (χ1v) is 5.26. The maximum Gasteiger partial charge on any atom is 0.345 e. The molecule has 8 heteroatoms. The Balaban J connectivity index is 3.87. The van der Waals surface area contributed by atoms with Crippen molar-refractivity contribution in [3.63, 3.8) is 0 Å². The summed E-state index contributed by atoms with van der Waals surface area (Å²) in [5.74, 6) is -3.04. The summed E-state index contributed by atoms with van der Waals surface area (Å²) in [6, 6.07) is 0. The summed E-state index contributed by atoms with van der Waals surface area (Å²) < 4.78 is 36.9. The van der Waals surface area contributed by atoms with Gasteiger partial charge in [-0.05, 0) is 6.92 Å². The highest BCUT2D eigenvalue weighted by Crippen LogP contribution is 1.93. The topological polar surface area (TPSA) is 107 Å². The molecule has 0 bridgehead atoms. The standard InChI is InChI=1S/C7H10O7S/c1-5(2)7(9)13-3-6(8)14-4-15(10,11)12/h1,3-4H2,2H3,(H,10,11,12). The van der Waals surface area contributed by atoms with Gasteiger partial charge in [0.1, 0.15) is 0 Å². The van der Waals surface area contributed by atoms with Gasteiger partial charge in [-0.15, -0.1) is 0 Å². The van der Waals surface area contributed by atoms with Crippen LogP contribution in [0.3, 0.4) is 0 Å². The minimum absolute atomic E-state index is 0.0950. The van der Waals surface area contributed by atoms with E-state index in [0.717, 1.165) is 0 Å². The van der Waals surface area contributed by atoms with Crippen LogP contribution in [0.1, 0.15) is 6.92 Å². The fraction of sp³-hybridized carbons (Fsp3) is 0.429. The van der Waals surface area contributed by atoms with Crippen LogP contribution in [-0.4, -0.2) is 37.5 Å². The third-order valence-corrected chi connectivity index (χ3v) is 1.45. The van der Waals surface area contributed by atoms with Crippen molar-refractivity contribution in [1.29, 1.82) is 0 Å². The molecule has 0 aromatic rings. The molecule has 86 valence electrons. The average Bonchev–Trinajstić information content (AvgIpc) is 2.09. The Morgan fingerprint density at radius 1 is 1.33 bits per heavy atom. The van der Waals surface area contributed by atoms with Crippen LogP contribution in [-0.2, 0) is 29.2 Å². The summed E-state index contributed by atoms with van der Waals surface area (Å²) in [6.45, 7) is 3.90. The van der Waals surface area contributed by atoms with Crippen LogP contribution < -0.4 is 0 Å². The van der Waals surface area contributed by atoms with Gasteiger partial charge in [0.05, 0.1) is 0 Å². The smallest absolute Gasteiger partial charge is 0.345 e. The van der Waals surface area contributed by atoms with E-state index < -0.39 is 34.6 Å². The van der Waals surface area contributed by atoms with Crippen LogP contribution in [0, 0.1) is 0 Å². The molecule has 0 atom stereocenters. The maximum absolute atomic E-state index is 10.8. The van der Waals surface area contributed by atoms with Gasteiger partial charge in [0, 0.05) is 5.57 Å². The first-order valence-electron chi connectivity index (χ1n) is 3.66. The summed E-state index contributed by atoms with van der Waals surface area (Å²) in [7, 11) is -4.38. The van der Waals surface area contributed by atoms with Gasteiger partial charge in [-0.2, -0.15) is 8.42 Å². The summed E-state index contributed by atoms with van der Waals surface area (Å²) in [5.41, 5.74) is 0.0950. The number of hydrogen-bond acceptors (Lipinski definition) is 6. The van der Waals surface area contributed by atoms with Crippen molar-refractivity contribution in [2.24, 2.45) is 0 Å². The van der Waals surface area contributed by atoms with Crippen molar-refractivity contribution < 1.29 is 32.0 Å². The van der Waals surface area contributed by atoms with Crippen LogP contribution >= 0.6 is 0 Å². The van der Waals surface area contributed by atoms with Gasteiger partial charge in [0.25, 0.3) is 0 Å². The predicted octanol–water partition coefficient (Wildman–Crippen LogP) is -0.506. The number of carbonyl (C=O) groups is 2. The van der Waals surface area contributed by atoms with Gasteiger partial charge in [-0.3, -0.25) is 4.55 Å². The molecule has 7 nitrogen and oxygen atoms in total. The number of carbonyl (C=O) groups excluding carboxylic acids is 2. The predicted molar refractivity (Wildman–Crippen MR) is 48.3 cm³/mol. The number of rotatable bonds is 5. The zero-order valence-corrected chi connectivity index (χ0v) is 8.74. The van der Waals surface area contributed by atoms with Crippen LogP contribution in [0.25, 0.3) is 0 Å². The van der Waals surface area contributed by atoms with Gasteiger partial charge in [-0.1, -0.05) is 6.58 Å². The monoisotopic (exact) mass is 238 g/mol. The van der Waals surface area contributed by atoms with Crippen molar-refractivity contribution in [3.05, 3.63) is 12.2 Å². The number of hydrogen-bond donors (Lipinski definition) is 1. The van der Waals surface area contributed by atoms with Crippen molar-refractivity contribution in [1.82, 2.24) is 0 Å². The lowest BCUT2D eigenvalue weighted by Crippen LogP contribution is -2.19. The Labute approximate surface area is 86.4 Å². The molecule has 0 aromatic heterocycles. The molecule has 0 rings (SSSR count). The molecule has 0 spiro atoms. The summed E-state index contributed by atoms with van der Waals surface area (Å²) in [6.07, 6.45) is 0. The molecule has 0 heterocycles. The number of esters is 2. The SMILES string of the molecule is C=C(C)C(=O)OCC(=O)OCS(=O)(=O)O. The molecule has 0 saturated carbocycles. The third-order valence-electron chi connectivity index (χ3n) is 1.04. The Bertz CT molecular complexity index is 367. The van der Waals surface area contributed by atoms with Gasteiger partial charge in [0.15, 0.2) is 6.61 Å². The fourth-order valence-corrected chi connectivity index (χ4v) is 0.710. The van der Waals surface area contributed by atoms with Gasteiger partial charge < -0.3 is 9.47 Å². The van der Waals surface area contributed by atoms with E-state index >= 15 is 0 Å². The van der Waals surface area contributed by atoms with E-state index in [-0.39, 0.29) is 5.57 Å². The van der Waals surface area contributed by atoms with Crippen LogP contribution in [0.15, 0.2) is 12.2 Å². The second kappa shape index (κ2) is 5.47. The molecule has 1 N–H and O–H groups in total. The lowest BCUT2D eigenvalue weighted by Gasteiger charge is -2.03. The first-order chi connectivity index (χ1) is 6.72. The van der Waals surface area contributed by atoms with Gasteiger partial charge in [-0.25, -0.2) is 9.59 Å². The van der Waals surface area contributed by atoms with E-state index in [9.17, 15) is 18.0 Å². The van der Waals surface area contributed by atoms with E-state index in [1.54, 1.807) is 0 Å². The Morgan fingerprint density at radius 3 is 2.27 bits per heavy atom. The molecule has 15 heavy (non-hydrogen) atoms. The van der Waals surface area contributed by atoms with Crippen molar-refractivity contribution >= 4 is 22.1 Å². The zero-order chi connectivity index (χ0) is 12.1. The zero-order valence-electron chi connectivity index (χ0n) is 7.93. The summed E-state index contributed by atoms with van der Waals surface area (Å²) in [4.78, 5) is 21.5. The molecular weight excluding hydrogens is 228 g/mol. The molecule has 0 fully saturated rings. The lowest BCUT2D eigenvalue weighted by molar-refractivity contribution is -0.155. The second-order valence-electron chi connectivity index (χ2n) is 2.57. The molecule has 0 aliphatic rings. The van der Waals surface area contributed by atoms with Crippen molar-refractivity contribution in [2.45, 2.75) is 6.92 Å². The Morgan fingerprint density at radius 2 is 1.87 bits per heavy atom. The fourth-order valence-electron chi connectivity index (χ4n) is 0.430. The van der Waals surface area contributed by atoms with E-state index in [1.807, 2.05) is 0 Å². The Hall–Kier alpha value is -1.41. The molecule has 0 amide bonds. The maximum atomic E-state index is 10.8. The lowest BCUT2D eigenvalue weighted by atomic mass is 10.4. The highest BCUT2D eigenvalue weighted by Gasteiger charge is 2.12. The molecular formula is C7H10O7S. The van der Waals surface area contributed by atoms with E-state index in [4.69, 9.17) is 4.55 Å². The minimum Gasteiger partial charge on any atom is -0.450 e. The second-order valence-corrected chi connectivity index (χ2v) is 3.97. The van der Waals surface area contributed by atoms with Crippen LogP contribution in [0.2, 0.25) is 0 Å². The summed E-state index contributed by atoms with van der Waals surface area (Å²) in [5, 5.41) is 0. The third kappa shape index (κ3) is 7.65.